The van der Waals surface area contributed by atoms with Crippen LogP contribution in [0.4, 0.5) is 10.2 Å². The third-order valence-electron chi connectivity index (χ3n) is 2.35. The van der Waals surface area contributed by atoms with Crippen LogP contribution in [-0.2, 0) is 0 Å². The Morgan fingerprint density at radius 2 is 1.84 bits per heavy atom. The normalized spacial score (nSPS) is 10.3. The van der Waals surface area contributed by atoms with Gasteiger partial charge in [0.25, 0.3) is 5.91 Å². The zero-order chi connectivity index (χ0) is 14.0. The summed E-state index contributed by atoms with van der Waals surface area (Å²) in [6, 6.07) is 7.07. The molecule has 4 nitrogen and oxygen atoms in total. The Hall–Kier alpha value is -1.69. The number of carbonyl (C=O) groups is 1. The van der Waals surface area contributed by atoms with Crippen LogP contribution in [0.15, 0.2) is 36.5 Å². The van der Waals surface area contributed by atoms with Crippen LogP contribution >= 0.6 is 23.2 Å². The first-order valence-corrected chi connectivity index (χ1v) is 5.91. The van der Waals surface area contributed by atoms with Crippen LogP contribution in [0.1, 0.15) is 10.4 Å². The fourth-order valence-electron chi connectivity index (χ4n) is 1.44. The SMILES string of the molecule is NN(C(=O)c1c(Cl)cccc1Cl)c1ccc(F)cn1. The summed E-state index contributed by atoms with van der Waals surface area (Å²) in [7, 11) is 0. The third-order valence-corrected chi connectivity index (χ3v) is 2.98. The molecule has 0 saturated carbocycles. The molecule has 2 aromatic rings. The van der Waals surface area contributed by atoms with Gasteiger partial charge in [0.05, 0.1) is 21.8 Å². The van der Waals surface area contributed by atoms with Gasteiger partial charge in [-0.1, -0.05) is 29.3 Å². The maximum absolute atomic E-state index is 12.8. The lowest BCUT2D eigenvalue weighted by Gasteiger charge is -2.16. The Morgan fingerprint density at radius 1 is 1.21 bits per heavy atom. The van der Waals surface area contributed by atoms with Crippen molar-refractivity contribution in [1.82, 2.24) is 4.98 Å². The third kappa shape index (κ3) is 2.84. The summed E-state index contributed by atoms with van der Waals surface area (Å²) < 4.78 is 12.8. The number of hydrogen-bond donors (Lipinski definition) is 1. The predicted octanol–water partition coefficient (Wildman–Crippen LogP) is 3.05. The summed E-state index contributed by atoms with van der Waals surface area (Å²) in [6.45, 7) is 0. The van der Waals surface area contributed by atoms with Crippen LogP contribution in [0.5, 0.6) is 0 Å². The van der Waals surface area contributed by atoms with E-state index >= 15 is 0 Å². The molecule has 1 aromatic heterocycles. The van der Waals surface area contributed by atoms with Crippen LogP contribution < -0.4 is 10.9 Å². The van der Waals surface area contributed by atoms with Crippen molar-refractivity contribution in [1.29, 1.82) is 0 Å². The molecule has 2 N–H and O–H groups in total. The number of nitrogens with two attached hydrogens (primary N) is 1. The zero-order valence-corrected chi connectivity index (χ0v) is 11.0. The summed E-state index contributed by atoms with van der Waals surface area (Å²) in [5.74, 6) is 4.57. The molecule has 98 valence electrons. The summed E-state index contributed by atoms with van der Waals surface area (Å²) in [6.07, 6.45) is 0.955. The molecule has 0 aliphatic rings. The highest BCUT2D eigenvalue weighted by Gasteiger charge is 2.21. The van der Waals surface area contributed by atoms with Crippen molar-refractivity contribution >= 4 is 34.9 Å². The molecular weight excluding hydrogens is 292 g/mol. The lowest BCUT2D eigenvalue weighted by molar-refractivity contribution is 0.0986. The van der Waals surface area contributed by atoms with Gasteiger partial charge in [-0.05, 0) is 24.3 Å². The molecule has 1 heterocycles. The van der Waals surface area contributed by atoms with Gasteiger partial charge < -0.3 is 0 Å². The number of halogens is 3. The van der Waals surface area contributed by atoms with Crippen molar-refractivity contribution in [2.45, 2.75) is 0 Å². The van der Waals surface area contributed by atoms with Gasteiger partial charge in [0.1, 0.15) is 11.6 Å². The summed E-state index contributed by atoms with van der Waals surface area (Å²) in [5, 5.41) is 1.11. The van der Waals surface area contributed by atoms with E-state index in [1.165, 1.54) is 18.2 Å². The van der Waals surface area contributed by atoms with Crippen molar-refractivity contribution in [3.8, 4) is 0 Å². The van der Waals surface area contributed by atoms with Crippen molar-refractivity contribution in [3.63, 3.8) is 0 Å². The molecular formula is C12H8Cl2FN3O. The number of benzene rings is 1. The second kappa shape index (κ2) is 5.52. The molecule has 0 aliphatic carbocycles. The van der Waals surface area contributed by atoms with Gasteiger partial charge in [-0.15, -0.1) is 0 Å². The van der Waals surface area contributed by atoms with E-state index in [0.29, 0.717) is 0 Å². The zero-order valence-electron chi connectivity index (χ0n) is 9.48. The maximum Gasteiger partial charge on any atom is 0.276 e. The molecule has 0 saturated heterocycles. The highest BCUT2D eigenvalue weighted by atomic mass is 35.5. The van der Waals surface area contributed by atoms with Gasteiger partial charge in [-0.3, -0.25) is 4.79 Å². The summed E-state index contributed by atoms with van der Waals surface area (Å²) >= 11 is 11.8. The van der Waals surface area contributed by atoms with Gasteiger partial charge >= 0.3 is 0 Å². The number of rotatable bonds is 2. The minimum Gasteiger partial charge on any atom is -0.267 e. The molecule has 19 heavy (non-hydrogen) atoms. The Morgan fingerprint density at radius 3 is 2.37 bits per heavy atom. The molecule has 0 atom stereocenters. The lowest BCUT2D eigenvalue weighted by atomic mass is 10.2. The largest absolute Gasteiger partial charge is 0.276 e. The number of carbonyl (C=O) groups excluding carboxylic acids is 1. The fourth-order valence-corrected chi connectivity index (χ4v) is 2.00. The van der Waals surface area contributed by atoms with Gasteiger partial charge in [0.15, 0.2) is 0 Å². The van der Waals surface area contributed by atoms with E-state index in [9.17, 15) is 9.18 Å². The predicted molar refractivity (Wildman–Crippen MR) is 71.7 cm³/mol. The van der Waals surface area contributed by atoms with Crippen LogP contribution in [-0.4, -0.2) is 10.9 Å². The molecule has 0 bridgehead atoms. The highest BCUT2D eigenvalue weighted by Crippen LogP contribution is 2.26. The van der Waals surface area contributed by atoms with E-state index in [-0.39, 0.29) is 21.4 Å². The topological polar surface area (TPSA) is 59.2 Å². The average Bonchev–Trinajstić information content (AvgIpc) is 2.38. The molecule has 0 aliphatic heterocycles. The van der Waals surface area contributed by atoms with Gasteiger partial charge in [-0.25, -0.2) is 20.2 Å². The Labute approximate surface area is 118 Å². The molecule has 0 spiro atoms. The highest BCUT2D eigenvalue weighted by molar-refractivity contribution is 6.40. The first-order valence-electron chi connectivity index (χ1n) is 5.15. The minimum atomic E-state index is -0.630. The lowest BCUT2D eigenvalue weighted by Crippen LogP contribution is -2.38. The van der Waals surface area contributed by atoms with E-state index in [0.717, 1.165) is 17.3 Å². The van der Waals surface area contributed by atoms with Crippen molar-refractivity contribution in [2.75, 3.05) is 5.01 Å². The van der Waals surface area contributed by atoms with Crippen LogP contribution in [0.3, 0.4) is 0 Å². The molecule has 7 heteroatoms. The first kappa shape index (κ1) is 13.7. The van der Waals surface area contributed by atoms with E-state index in [1.807, 2.05) is 0 Å². The molecule has 1 amide bonds. The standard InChI is InChI=1S/C12H8Cl2FN3O/c13-8-2-1-3-9(14)11(8)12(19)18(16)10-5-4-7(15)6-17-10/h1-6H,16H2. The van der Waals surface area contributed by atoms with Gasteiger partial charge in [-0.2, -0.15) is 0 Å². The Balaban J connectivity index is 2.36. The summed E-state index contributed by atoms with van der Waals surface area (Å²) in [5.41, 5.74) is 0.0689. The maximum atomic E-state index is 12.8. The van der Waals surface area contributed by atoms with Crippen LogP contribution in [0, 0.1) is 5.82 Å². The van der Waals surface area contributed by atoms with Crippen LogP contribution in [0.25, 0.3) is 0 Å². The van der Waals surface area contributed by atoms with E-state index in [1.54, 1.807) is 6.07 Å². The van der Waals surface area contributed by atoms with E-state index in [4.69, 9.17) is 29.0 Å². The number of hydrogen-bond acceptors (Lipinski definition) is 3. The Kier molecular flexibility index (Phi) is 3.99. The first-order chi connectivity index (χ1) is 9.00. The second-order valence-corrected chi connectivity index (χ2v) is 4.42. The number of aromatic nitrogens is 1. The molecule has 0 fully saturated rings. The van der Waals surface area contributed by atoms with Crippen molar-refractivity contribution in [2.24, 2.45) is 5.84 Å². The number of pyridine rings is 1. The number of nitrogens with zero attached hydrogens (tertiary/aromatic N) is 2. The average molecular weight is 300 g/mol. The molecule has 0 unspecified atom stereocenters. The van der Waals surface area contributed by atoms with Crippen molar-refractivity contribution < 1.29 is 9.18 Å². The monoisotopic (exact) mass is 299 g/mol. The molecule has 2 rings (SSSR count). The van der Waals surface area contributed by atoms with Gasteiger partial charge in [0.2, 0.25) is 0 Å². The Bertz CT molecular complexity index is 599. The van der Waals surface area contributed by atoms with E-state index in [2.05, 4.69) is 4.98 Å². The molecule has 0 radical (unpaired) electrons. The van der Waals surface area contributed by atoms with Gasteiger partial charge in [0, 0.05) is 0 Å². The quantitative estimate of drug-likeness (QED) is 0.527. The minimum absolute atomic E-state index is 0.0689. The second-order valence-electron chi connectivity index (χ2n) is 3.61. The van der Waals surface area contributed by atoms with E-state index < -0.39 is 11.7 Å². The fraction of sp³-hybridized carbons (Fsp3) is 0. The van der Waals surface area contributed by atoms with Crippen molar-refractivity contribution in [3.05, 3.63) is 58.0 Å². The van der Waals surface area contributed by atoms with Crippen LogP contribution in [0.2, 0.25) is 10.0 Å². The molecule has 1 aromatic carbocycles. The number of anilines is 1. The number of amides is 1. The summed E-state index contributed by atoms with van der Waals surface area (Å²) in [4.78, 5) is 15.9. The smallest absolute Gasteiger partial charge is 0.267 e. The number of hydrazine groups is 1.